The molecule has 0 amide bonds. The molecule has 0 aliphatic heterocycles. The van der Waals surface area contributed by atoms with Crippen LogP contribution in [0.4, 0.5) is 0 Å². The van der Waals surface area contributed by atoms with Crippen LogP contribution >= 0.6 is 0 Å². The van der Waals surface area contributed by atoms with E-state index in [1.54, 1.807) is 0 Å². The van der Waals surface area contributed by atoms with Crippen LogP contribution in [0.3, 0.4) is 0 Å². The summed E-state index contributed by atoms with van der Waals surface area (Å²) in [7, 11) is 2.09. The summed E-state index contributed by atoms with van der Waals surface area (Å²) in [6.45, 7) is 1.51. The van der Waals surface area contributed by atoms with Gasteiger partial charge in [0.05, 0.1) is 6.54 Å². The predicted molar refractivity (Wildman–Crippen MR) is 93.3 cm³/mol. The molecule has 1 saturated carbocycles. The first-order valence-corrected chi connectivity index (χ1v) is 8.44. The molecule has 1 fully saturated rings. The molecule has 0 bridgehead atoms. The maximum absolute atomic E-state index is 5.77. The van der Waals surface area contributed by atoms with E-state index in [1.165, 1.54) is 29.5 Å². The standard InChI is InChI=1S/C20H21N3O/c1-23(14-19-21-22-20(24-19)16-11-12-16)13-17-9-5-6-10-18(17)15-7-3-2-4-8-15/h2-10,16H,11-14H2,1H3. The van der Waals surface area contributed by atoms with Gasteiger partial charge in [-0.05, 0) is 36.6 Å². The normalized spacial score (nSPS) is 14.2. The zero-order valence-electron chi connectivity index (χ0n) is 13.9. The van der Waals surface area contributed by atoms with E-state index in [0.717, 1.165) is 12.4 Å². The first-order chi connectivity index (χ1) is 11.8. The molecule has 0 atom stereocenters. The van der Waals surface area contributed by atoms with Crippen LogP contribution in [0.1, 0.15) is 36.1 Å². The van der Waals surface area contributed by atoms with Gasteiger partial charge in [0.25, 0.3) is 0 Å². The maximum atomic E-state index is 5.77. The Morgan fingerprint density at radius 3 is 2.50 bits per heavy atom. The zero-order chi connectivity index (χ0) is 16.4. The van der Waals surface area contributed by atoms with Gasteiger partial charge in [0.15, 0.2) is 0 Å². The van der Waals surface area contributed by atoms with Gasteiger partial charge >= 0.3 is 0 Å². The summed E-state index contributed by atoms with van der Waals surface area (Å²) in [6.07, 6.45) is 2.36. The number of rotatable bonds is 6. The van der Waals surface area contributed by atoms with E-state index in [4.69, 9.17) is 4.42 Å². The van der Waals surface area contributed by atoms with E-state index in [0.29, 0.717) is 18.4 Å². The molecule has 24 heavy (non-hydrogen) atoms. The van der Waals surface area contributed by atoms with Crippen LogP contribution in [0, 0.1) is 0 Å². The molecule has 0 radical (unpaired) electrons. The Balaban J connectivity index is 1.48. The molecule has 4 heteroatoms. The Hall–Kier alpha value is -2.46. The van der Waals surface area contributed by atoms with Crippen LogP contribution in [0.25, 0.3) is 11.1 Å². The topological polar surface area (TPSA) is 42.2 Å². The average Bonchev–Trinajstić information content (AvgIpc) is 3.36. The summed E-state index contributed by atoms with van der Waals surface area (Å²) in [5.74, 6) is 2.02. The van der Waals surface area contributed by atoms with Gasteiger partial charge in [0, 0.05) is 12.5 Å². The number of hydrogen-bond donors (Lipinski definition) is 0. The maximum Gasteiger partial charge on any atom is 0.230 e. The van der Waals surface area contributed by atoms with Crippen LogP contribution < -0.4 is 0 Å². The molecular formula is C20H21N3O. The third-order valence-corrected chi connectivity index (χ3v) is 4.36. The third kappa shape index (κ3) is 3.39. The zero-order valence-corrected chi connectivity index (χ0v) is 13.9. The fourth-order valence-corrected chi connectivity index (χ4v) is 2.96. The summed E-state index contributed by atoms with van der Waals surface area (Å²) in [5.41, 5.74) is 3.82. The van der Waals surface area contributed by atoms with Crippen molar-refractivity contribution in [3.05, 3.63) is 71.9 Å². The quantitative estimate of drug-likeness (QED) is 0.681. The van der Waals surface area contributed by atoms with Gasteiger partial charge in [-0.15, -0.1) is 10.2 Å². The lowest BCUT2D eigenvalue weighted by atomic mass is 9.99. The molecule has 1 aliphatic rings. The molecule has 0 spiro atoms. The van der Waals surface area contributed by atoms with Crippen LogP contribution in [0.2, 0.25) is 0 Å². The fraction of sp³-hybridized carbons (Fsp3) is 0.300. The number of nitrogens with zero attached hydrogens (tertiary/aromatic N) is 3. The monoisotopic (exact) mass is 319 g/mol. The van der Waals surface area contributed by atoms with Crippen molar-refractivity contribution in [2.24, 2.45) is 0 Å². The molecule has 4 rings (SSSR count). The van der Waals surface area contributed by atoms with E-state index in [-0.39, 0.29) is 0 Å². The summed E-state index contributed by atoms with van der Waals surface area (Å²) in [4.78, 5) is 2.21. The smallest absolute Gasteiger partial charge is 0.230 e. The highest BCUT2D eigenvalue weighted by Gasteiger charge is 2.29. The highest BCUT2D eigenvalue weighted by Crippen LogP contribution is 2.39. The molecule has 0 N–H and O–H groups in total. The van der Waals surface area contributed by atoms with Crippen LogP contribution in [-0.4, -0.2) is 22.1 Å². The predicted octanol–water partition coefficient (Wildman–Crippen LogP) is 4.25. The average molecular weight is 319 g/mol. The molecule has 1 aromatic heterocycles. The second-order valence-corrected chi connectivity index (χ2v) is 6.50. The number of benzene rings is 2. The lowest BCUT2D eigenvalue weighted by molar-refractivity contribution is 0.277. The highest BCUT2D eigenvalue weighted by molar-refractivity contribution is 5.67. The molecular weight excluding hydrogens is 298 g/mol. The molecule has 1 aliphatic carbocycles. The van der Waals surface area contributed by atoms with Crippen molar-refractivity contribution in [1.29, 1.82) is 0 Å². The van der Waals surface area contributed by atoms with Crippen LogP contribution in [0.5, 0.6) is 0 Å². The van der Waals surface area contributed by atoms with Crippen molar-refractivity contribution >= 4 is 0 Å². The summed E-state index contributed by atoms with van der Waals surface area (Å²) in [6, 6.07) is 19.0. The minimum Gasteiger partial charge on any atom is -0.424 e. The molecule has 4 nitrogen and oxygen atoms in total. The van der Waals surface area contributed by atoms with Gasteiger partial charge in [0.1, 0.15) is 0 Å². The van der Waals surface area contributed by atoms with Crippen molar-refractivity contribution < 1.29 is 4.42 Å². The Morgan fingerprint density at radius 2 is 1.71 bits per heavy atom. The lowest BCUT2D eigenvalue weighted by Gasteiger charge is -2.17. The van der Waals surface area contributed by atoms with E-state index in [1.807, 2.05) is 6.07 Å². The first kappa shape index (κ1) is 15.1. The SMILES string of the molecule is CN(Cc1nnc(C2CC2)o1)Cc1ccccc1-c1ccccc1. The number of aromatic nitrogens is 2. The molecule has 0 unspecified atom stereocenters. The van der Waals surface area contributed by atoms with E-state index in [2.05, 4.69) is 70.7 Å². The van der Waals surface area contributed by atoms with Gasteiger partial charge in [-0.2, -0.15) is 0 Å². The molecule has 122 valence electrons. The van der Waals surface area contributed by atoms with Crippen molar-refractivity contribution in [3.63, 3.8) is 0 Å². The molecule has 0 saturated heterocycles. The largest absolute Gasteiger partial charge is 0.424 e. The van der Waals surface area contributed by atoms with Crippen LogP contribution in [-0.2, 0) is 13.1 Å². The second kappa shape index (κ2) is 6.57. The van der Waals surface area contributed by atoms with E-state index in [9.17, 15) is 0 Å². The summed E-state index contributed by atoms with van der Waals surface area (Å²) in [5, 5.41) is 8.34. The van der Waals surface area contributed by atoms with Gasteiger partial charge in [-0.25, -0.2) is 0 Å². The Bertz CT molecular complexity index is 809. The summed E-state index contributed by atoms with van der Waals surface area (Å²) < 4.78 is 5.77. The van der Waals surface area contributed by atoms with Crippen molar-refractivity contribution in [2.75, 3.05) is 7.05 Å². The van der Waals surface area contributed by atoms with Crippen LogP contribution in [0.15, 0.2) is 59.0 Å². The Labute approximate surface area is 142 Å². The summed E-state index contributed by atoms with van der Waals surface area (Å²) >= 11 is 0. The van der Waals surface area contributed by atoms with Gasteiger partial charge in [-0.1, -0.05) is 54.6 Å². The van der Waals surface area contributed by atoms with Gasteiger partial charge in [0.2, 0.25) is 11.8 Å². The van der Waals surface area contributed by atoms with E-state index >= 15 is 0 Å². The highest BCUT2D eigenvalue weighted by atomic mass is 16.4. The minimum atomic E-state index is 0.510. The third-order valence-electron chi connectivity index (χ3n) is 4.36. The van der Waals surface area contributed by atoms with Crippen molar-refractivity contribution in [2.45, 2.75) is 31.8 Å². The fourth-order valence-electron chi connectivity index (χ4n) is 2.96. The Kier molecular flexibility index (Phi) is 4.13. The van der Waals surface area contributed by atoms with E-state index < -0.39 is 0 Å². The Morgan fingerprint density at radius 1 is 0.958 bits per heavy atom. The first-order valence-electron chi connectivity index (χ1n) is 8.44. The van der Waals surface area contributed by atoms with Gasteiger partial charge in [-0.3, -0.25) is 4.90 Å². The lowest BCUT2D eigenvalue weighted by Crippen LogP contribution is -2.18. The molecule has 1 heterocycles. The molecule has 2 aromatic carbocycles. The van der Waals surface area contributed by atoms with Crippen molar-refractivity contribution in [3.8, 4) is 11.1 Å². The van der Waals surface area contributed by atoms with Crippen molar-refractivity contribution in [1.82, 2.24) is 15.1 Å². The molecule has 3 aromatic rings. The minimum absolute atomic E-state index is 0.510. The van der Waals surface area contributed by atoms with Gasteiger partial charge < -0.3 is 4.42 Å². The second-order valence-electron chi connectivity index (χ2n) is 6.50. The number of hydrogen-bond acceptors (Lipinski definition) is 4.